The van der Waals surface area contributed by atoms with Crippen molar-refractivity contribution in [2.45, 2.75) is 6.92 Å². The smallest absolute Gasteiger partial charge is 0.339 e. The number of aliphatic imine (C=N–C) groups is 1. The van der Waals surface area contributed by atoms with Crippen molar-refractivity contribution in [3.8, 4) is 17.3 Å². The first-order valence-corrected chi connectivity index (χ1v) is 8.03. The van der Waals surface area contributed by atoms with E-state index >= 15 is 0 Å². The second-order valence-electron chi connectivity index (χ2n) is 5.94. The summed E-state index contributed by atoms with van der Waals surface area (Å²) >= 11 is 0. The Hall–Kier alpha value is -4.14. The first-order valence-electron chi connectivity index (χ1n) is 8.03. The Kier molecular flexibility index (Phi) is 4.82. The molecular weight excluding hydrogens is 366 g/mol. The summed E-state index contributed by atoms with van der Waals surface area (Å²) in [6, 6.07) is 10.3. The van der Waals surface area contributed by atoms with Gasteiger partial charge in [-0.25, -0.2) is 14.2 Å². The topological polar surface area (TPSA) is 145 Å². The van der Waals surface area contributed by atoms with Crippen molar-refractivity contribution in [1.82, 2.24) is 9.55 Å². The number of nitrogens with zero attached hydrogens (tertiary/aromatic N) is 2. The number of carbonyl (C=O) groups is 1. The Morgan fingerprint density at radius 1 is 1.14 bits per heavy atom. The van der Waals surface area contributed by atoms with Gasteiger partial charge in [-0.05, 0) is 42.8 Å². The summed E-state index contributed by atoms with van der Waals surface area (Å²) in [5, 5.41) is 29.0. The van der Waals surface area contributed by atoms with E-state index in [1.54, 1.807) is 18.2 Å². The van der Waals surface area contributed by atoms with Crippen LogP contribution in [0.5, 0.6) is 11.6 Å². The minimum absolute atomic E-state index is 0.127. The van der Waals surface area contributed by atoms with Crippen LogP contribution in [0.25, 0.3) is 5.69 Å². The second-order valence-corrected chi connectivity index (χ2v) is 5.94. The van der Waals surface area contributed by atoms with Gasteiger partial charge in [0.25, 0.3) is 5.56 Å². The lowest BCUT2D eigenvalue weighted by Crippen LogP contribution is -2.31. The van der Waals surface area contributed by atoms with E-state index in [1.807, 2.05) is 13.0 Å². The number of phenols is 1. The zero-order valence-electron chi connectivity index (χ0n) is 14.6. The van der Waals surface area contributed by atoms with Crippen molar-refractivity contribution in [2.24, 2.45) is 4.99 Å². The zero-order valence-corrected chi connectivity index (χ0v) is 14.6. The number of H-pyrrole nitrogens is 1. The van der Waals surface area contributed by atoms with Gasteiger partial charge >= 0.3 is 11.7 Å². The van der Waals surface area contributed by atoms with E-state index < -0.39 is 28.8 Å². The lowest BCUT2D eigenvalue weighted by atomic mass is 10.2. The molecule has 0 aliphatic rings. The molecule has 0 bridgehead atoms. The molecule has 9 heteroatoms. The average Bonchev–Trinajstić information content (AvgIpc) is 2.62. The van der Waals surface area contributed by atoms with Crippen LogP contribution < -0.4 is 11.2 Å². The number of aryl methyl sites for hydroxylation is 1. The Labute approximate surface area is 157 Å². The number of aromatic nitrogens is 2. The molecule has 0 saturated heterocycles. The number of hydrogen-bond acceptors (Lipinski definition) is 6. The highest BCUT2D eigenvalue weighted by molar-refractivity contribution is 5.92. The Balaban J connectivity index is 2.11. The van der Waals surface area contributed by atoms with Crippen molar-refractivity contribution < 1.29 is 20.1 Å². The molecule has 4 N–H and O–H groups in total. The molecule has 0 aliphatic heterocycles. The first kappa shape index (κ1) is 18.6. The normalized spacial score (nSPS) is 11.0. The number of carboxylic acids is 1. The van der Waals surface area contributed by atoms with Crippen LogP contribution in [0, 0.1) is 6.92 Å². The van der Waals surface area contributed by atoms with Crippen molar-refractivity contribution in [1.29, 1.82) is 0 Å². The van der Waals surface area contributed by atoms with Gasteiger partial charge in [0.15, 0.2) is 0 Å². The van der Waals surface area contributed by atoms with Crippen LogP contribution >= 0.6 is 0 Å². The summed E-state index contributed by atoms with van der Waals surface area (Å²) in [7, 11) is 0. The minimum atomic E-state index is -1.34. The van der Waals surface area contributed by atoms with Crippen LogP contribution in [0.2, 0.25) is 0 Å². The lowest BCUT2D eigenvalue weighted by molar-refractivity contribution is 0.0693. The molecule has 0 amide bonds. The van der Waals surface area contributed by atoms with Crippen molar-refractivity contribution >= 4 is 17.9 Å². The number of rotatable bonds is 4. The molecule has 142 valence electrons. The SMILES string of the molecule is Cc1cccc(-n2c(O)c(C=Nc3ccc(O)c(C(=O)O)c3)c(=O)[nH]c2=O)c1. The maximum Gasteiger partial charge on any atom is 0.339 e. The van der Waals surface area contributed by atoms with E-state index in [0.29, 0.717) is 5.69 Å². The summed E-state index contributed by atoms with van der Waals surface area (Å²) in [6.07, 6.45) is 1.01. The van der Waals surface area contributed by atoms with Crippen LogP contribution in [-0.2, 0) is 0 Å². The molecule has 1 aromatic heterocycles. The van der Waals surface area contributed by atoms with E-state index in [0.717, 1.165) is 28.5 Å². The lowest BCUT2D eigenvalue weighted by Gasteiger charge is -2.10. The molecule has 0 radical (unpaired) electrons. The third-order valence-corrected chi connectivity index (χ3v) is 3.93. The minimum Gasteiger partial charge on any atom is -0.507 e. The summed E-state index contributed by atoms with van der Waals surface area (Å²) in [4.78, 5) is 41.4. The molecule has 0 fully saturated rings. The maximum absolute atomic E-state index is 12.2. The van der Waals surface area contributed by atoms with Gasteiger partial charge in [0, 0.05) is 6.21 Å². The number of carboxylic acid groups (broad SMARTS) is 1. The maximum atomic E-state index is 12.2. The van der Waals surface area contributed by atoms with Crippen LogP contribution in [0.3, 0.4) is 0 Å². The molecule has 0 spiro atoms. The summed E-state index contributed by atoms with van der Waals surface area (Å²) in [5.74, 6) is -2.39. The van der Waals surface area contributed by atoms with Gasteiger partial charge in [-0.2, -0.15) is 0 Å². The van der Waals surface area contributed by atoms with Gasteiger partial charge in [-0.3, -0.25) is 14.8 Å². The van der Waals surface area contributed by atoms with E-state index in [4.69, 9.17) is 5.11 Å². The second kappa shape index (κ2) is 7.23. The van der Waals surface area contributed by atoms with Crippen molar-refractivity contribution in [2.75, 3.05) is 0 Å². The van der Waals surface area contributed by atoms with E-state index in [1.165, 1.54) is 6.07 Å². The zero-order chi connectivity index (χ0) is 20.4. The van der Waals surface area contributed by atoms with Crippen LogP contribution in [0.4, 0.5) is 5.69 Å². The monoisotopic (exact) mass is 381 g/mol. The van der Waals surface area contributed by atoms with E-state index in [9.17, 15) is 24.6 Å². The third-order valence-electron chi connectivity index (χ3n) is 3.93. The van der Waals surface area contributed by atoms with Gasteiger partial charge in [-0.15, -0.1) is 0 Å². The van der Waals surface area contributed by atoms with Gasteiger partial charge in [0.05, 0.1) is 11.4 Å². The van der Waals surface area contributed by atoms with Gasteiger partial charge < -0.3 is 15.3 Å². The standard InChI is InChI=1S/C19H15N3O6/c1-10-3-2-4-12(7-10)22-17(25)14(16(24)21-19(22)28)9-20-11-5-6-15(23)13(8-11)18(26)27/h2-9,23,25H,1H3,(H,26,27)(H,21,24,28). The first-order chi connectivity index (χ1) is 13.3. The number of nitrogens with one attached hydrogen (secondary N) is 1. The van der Waals surface area contributed by atoms with Crippen LogP contribution in [0.1, 0.15) is 21.5 Å². The number of aromatic carboxylic acids is 1. The fourth-order valence-corrected chi connectivity index (χ4v) is 2.58. The van der Waals surface area contributed by atoms with Crippen molar-refractivity contribution in [3.63, 3.8) is 0 Å². The van der Waals surface area contributed by atoms with Gasteiger partial charge in [-0.1, -0.05) is 12.1 Å². The highest BCUT2D eigenvalue weighted by Gasteiger charge is 2.15. The number of benzene rings is 2. The molecule has 0 unspecified atom stereocenters. The molecule has 0 saturated carbocycles. The molecule has 9 nitrogen and oxygen atoms in total. The average molecular weight is 381 g/mol. The molecule has 2 aromatic carbocycles. The summed E-state index contributed by atoms with van der Waals surface area (Å²) in [5.41, 5.74) is -0.997. The molecule has 0 aliphatic carbocycles. The van der Waals surface area contributed by atoms with Crippen molar-refractivity contribution in [3.05, 3.63) is 80.0 Å². The molecule has 3 rings (SSSR count). The molecular formula is C19H15N3O6. The molecule has 28 heavy (non-hydrogen) atoms. The predicted molar refractivity (Wildman–Crippen MR) is 101 cm³/mol. The van der Waals surface area contributed by atoms with E-state index in [2.05, 4.69) is 9.98 Å². The van der Waals surface area contributed by atoms with E-state index in [-0.39, 0.29) is 16.8 Å². The third kappa shape index (κ3) is 3.54. The molecule has 1 heterocycles. The molecule has 0 atom stereocenters. The largest absolute Gasteiger partial charge is 0.507 e. The summed E-state index contributed by atoms with van der Waals surface area (Å²) < 4.78 is 0.926. The Morgan fingerprint density at radius 2 is 1.89 bits per heavy atom. The number of hydrogen-bond donors (Lipinski definition) is 4. The highest BCUT2D eigenvalue weighted by atomic mass is 16.4. The van der Waals surface area contributed by atoms with Gasteiger partial charge in [0.2, 0.25) is 5.88 Å². The highest BCUT2D eigenvalue weighted by Crippen LogP contribution is 2.24. The fourth-order valence-electron chi connectivity index (χ4n) is 2.58. The quantitative estimate of drug-likeness (QED) is 0.506. The fraction of sp³-hybridized carbons (Fsp3) is 0.0526. The number of aromatic hydroxyl groups is 2. The predicted octanol–water partition coefficient (Wildman–Crippen LogP) is 1.69. The van der Waals surface area contributed by atoms with Crippen LogP contribution in [-0.4, -0.2) is 37.1 Å². The number of aromatic amines is 1. The summed E-state index contributed by atoms with van der Waals surface area (Å²) in [6.45, 7) is 1.81. The Bertz CT molecular complexity index is 1220. The Morgan fingerprint density at radius 3 is 2.57 bits per heavy atom. The molecule has 3 aromatic rings. The van der Waals surface area contributed by atoms with Crippen LogP contribution in [0.15, 0.2) is 57.0 Å². The van der Waals surface area contributed by atoms with Gasteiger partial charge in [0.1, 0.15) is 16.9 Å².